The van der Waals surface area contributed by atoms with Crippen LogP contribution in [0.15, 0.2) is 18.2 Å². The normalized spacial score (nSPS) is 13.2. The van der Waals surface area contributed by atoms with Crippen molar-refractivity contribution in [2.75, 3.05) is 13.7 Å². The first-order valence-corrected chi connectivity index (χ1v) is 5.88. The number of ether oxygens (including phenoxy) is 2. The molecule has 102 valence electrons. The fraction of sp³-hybridized carbons (Fsp3) is 0.429. The van der Waals surface area contributed by atoms with Crippen LogP contribution in [0.3, 0.4) is 0 Å². The summed E-state index contributed by atoms with van der Waals surface area (Å²) in [7, 11) is 1.36. The zero-order chi connectivity index (χ0) is 14.5. The predicted octanol–water partition coefficient (Wildman–Crippen LogP) is 2.47. The lowest BCUT2D eigenvalue weighted by Crippen LogP contribution is -2.31. The molecule has 1 unspecified atom stereocenters. The van der Waals surface area contributed by atoms with Gasteiger partial charge in [-0.25, -0.2) is 4.39 Å². The minimum atomic E-state index is -1.41. The first kappa shape index (κ1) is 15.0. The number of nitriles is 1. The lowest BCUT2D eigenvalue weighted by Gasteiger charge is -2.20. The molecule has 0 fully saturated rings. The number of carbonyl (C=O) groups excluding carboxylic acids is 1. The minimum Gasteiger partial charge on any atom is -0.494 e. The van der Waals surface area contributed by atoms with Gasteiger partial charge in [0.25, 0.3) is 0 Å². The molecule has 19 heavy (non-hydrogen) atoms. The van der Waals surface area contributed by atoms with Gasteiger partial charge >= 0.3 is 5.97 Å². The van der Waals surface area contributed by atoms with Crippen LogP contribution >= 0.6 is 0 Å². The van der Waals surface area contributed by atoms with Crippen molar-refractivity contribution in [2.24, 2.45) is 5.41 Å². The molecule has 0 N–H and O–H groups in total. The van der Waals surface area contributed by atoms with Gasteiger partial charge in [0.05, 0.1) is 19.8 Å². The van der Waals surface area contributed by atoms with Crippen LogP contribution in [0.5, 0.6) is 5.75 Å². The summed E-state index contributed by atoms with van der Waals surface area (Å²) in [5, 5.41) is 9.16. The molecular weight excluding hydrogens is 249 g/mol. The molecule has 0 spiro atoms. The molecule has 0 heterocycles. The van der Waals surface area contributed by atoms with Crippen LogP contribution in [0.1, 0.15) is 19.4 Å². The molecule has 0 radical (unpaired) electrons. The summed E-state index contributed by atoms with van der Waals surface area (Å²) in [5.74, 6) is -1.13. The van der Waals surface area contributed by atoms with Gasteiger partial charge in [-0.05, 0) is 25.5 Å². The number of methoxy groups -OCH3 is 1. The molecule has 0 bridgehead atoms. The number of nitrogens with zero attached hydrogens (tertiary/aromatic N) is 1. The van der Waals surface area contributed by atoms with E-state index >= 15 is 0 Å². The zero-order valence-electron chi connectivity index (χ0n) is 11.2. The molecule has 1 atom stereocenters. The van der Waals surface area contributed by atoms with Crippen molar-refractivity contribution in [2.45, 2.75) is 20.3 Å². The van der Waals surface area contributed by atoms with Crippen LogP contribution in [0.4, 0.5) is 4.39 Å². The van der Waals surface area contributed by atoms with Crippen LogP contribution in [0, 0.1) is 22.6 Å². The molecule has 0 saturated heterocycles. The van der Waals surface area contributed by atoms with E-state index in [2.05, 4.69) is 0 Å². The summed E-state index contributed by atoms with van der Waals surface area (Å²) >= 11 is 0. The minimum absolute atomic E-state index is 0.0641. The Labute approximate surface area is 111 Å². The molecule has 0 amide bonds. The Hall–Kier alpha value is -2.09. The Morgan fingerprint density at radius 2 is 2.21 bits per heavy atom. The second kappa shape index (κ2) is 6.19. The maximum atomic E-state index is 14.0. The highest BCUT2D eigenvalue weighted by Crippen LogP contribution is 2.28. The van der Waals surface area contributed by atoms with Gasteiger partial charge in [-0.1, -0.05) is 12.1 Å². The smallest absolute Gasteiger partial charge is 0.326 e. The summed E-state index contributed by atoms with van der Waals surface area (Å²) in [6.07, 6.45) is -0.0641. The van der Waals surface area contributed by atoms with Gasteiger partial charge in [0.15, 0.2) is 17.0 Å². The maximum absolute atomic E-state index is 14.0. The zero-order valence-corrected chi connectivity index (χ0v) is 11.2. The Morgan fingerprint density at radius 1 is 1.53 bits per heavy atom. The highest BCUT2D eigenvalue weighted by atomic mass is 19.1. The maximum Gasteiger partial charge on any atom is 0.326 e. The molecule has 1 aromatic rings. The number of rotatable bonds is 5. The molecule has 0 aliphatic heterocycles. The van der Waals surface area contributed by atoms with Crippen LogP contribution in [-0.4, -0.2) is 19.7 Å². The van der Waals surface area contributed by atoms with Crippen LogP contribution < -0.4 is 4.74 Å². The van der Waals surface area contributed by atoms with Crippen molar-refractivity contribution >= 4 is 5.97 Å². The van der Waals surface area contributed by atoms with E-state index in [1.807, 2.05) is 6.07 Å². The van der Waals surface area contributed by atoms with E-state index in [1.165, 1.54) is 26.2 Å². The standard InChI is InChI=1S/C14H16FNO3/c1-4-19-13(17)14(2,9-16)8-10-6-5-7-11(18-3)12(10)15/h5-7H,4,8H2,1-3H3. The van der Waals surface area contributed by atoms with E-state index in [4.69, 9.17) is 14.7 Å². The molecule has 1 rings (SSSR count). The molecule has 0 aliphatic carbocycles. The summed E-state index contributed by atoms with van der Waals surface area (Å²) in [5.41, 5.74) is -1.17. The fourth-order valence-electron chi connectivity index (χ4n) is 1.68. The quantitative estimate of drug-likeness (QED) is 0.767. The lowest BCUT2D eigenvalue weighted by molar-refractivity contribution is -0.151. The molecule has 1 aromatic carbocycles. The SMILES string of the molecule is CCOC(=O)C(C)(C#N)Cc1cccc(OC)c1F. The van der Waals surface area contributed by atoms with Gasteiger partial charge in [-0.15, -0.1) is 0 Å². The Balaban J connectivity index is 3.06. The van der Waals surface area contributed by atoms with Gasteiger partial charge < -0.3 is 9.47 Å². The monoisotopic (exact) mass is 265 g/mol. The second-order valence-electron chi connectivity index (χ2n) is 4.27. The predicted molar refractivity (Wildman–Crippen MR) is 67.0 cm³/mol. The Kier molecular flexibility index (Phi) is 4.87. The summed E-state index contributed by atoms with van der Waals surface area (Å²) < 4.78 is 23.7. The molecule has 0 aromatic heterocycles. The third kappa shape index (κ3) is 3.22. The first-order valence-electron chi connectivity index (χ1n) is 5.88. The third-order valence-electron chi connectivity index (χ3n) is 2.78. The number of benzene rings is 1. The van der Waals surface area contributed by atoms with Crippen molar-refractivity contribution in [3.63, 3.8) is 0 Å². The fourth-order valence-corrected chi connectivity index (χ4v) is 1.68. The van der Waals surface area contributed by atoms with Crippen LogP contribution in [-0.2, 0) is 16.0 Å². The van der Waals surface area contributed by atoms with E-state index in [0.29, 0.717) is 0 Å². The van der Waals surface area contributed by atoms with E-state index in [-0.39, 0.29) is 24.3 Å². The summed E-state index contributed by atoms with van der Waals surface area (Å²) in [4.78, 5) is 11.8. The van der Waals surface area contributed by atoms with Crippen molar-refractivity contribution in [1.82, 2.24) is 0 Å². The van der Waals surface area contributed by atoms with E-state index < -0.39 is 17.2 Å². The van der Waals surface area contributed by atoms with Gasteiger partial charge in [0.1, 0.15) is 0 Å². The van der Waals surface area contributed by atoms with Crippen molar-refractivity contribution in [3.05, 3.63) is 29.6 Å². The van der Waals surface area contributed by atoms with Crippen LogP contribution in [0.25, 0.3) is 0 Å². The van der Waals surface area contributed by atoms with E-state index in [1.54, 1.807) is 13.0 Å². The van der Waals surface area contributed by atoms with Crippen molar-refractivity contribution < 1.29 is 18.7 Å². The second-order valence-corrected chi connectivity index (χ2v) is 4.27. The highest BCUT2D eigenvalue weighted by molar-refractivity contribution is 5.80. The van der Waals surface area contributed by atoms with Gasteiger partial charge in [0, 0.05) is 6.42 Å². The molecule has 5 heteroatoms. The highest BCUT2D eigenvalue weighted by Gasteiger charge is 2.36. The van der Waals surface area contributed by atoms with Crippen molar-refractivity contribution in [1.29, 1.82) is 5.26 Å². The Bertz CT molecular complexity index is 510. The third-order valence-corrected chi connectivity index (χ3v) is 2.78. The molecule has 0 aliphatic rings. The number of esters is 1. The average molecular weight is 265 g/mol. The van der Waals surface area contributed by atoms with Crippen LogP contribution in [0.2, 0.25) is 0 Å². The van der Waals surface area contributed by atoms with Gasteiger partial charge in [0.2, 0.25) is 0 Å². The van der Waals surface area contributed by atoms with Gasteiger partial charge in [-0.2, -0.15) is 5.26 Å². The molecule has 4 nitrogen and oxygen atoms in total. The number of hydrogen-bond acceptors (Lipinski definition) is 4. The number of hydrogen-bond donors (Lipinski definition) is 0. The average Bonchev–Trinajstić information content (AvgIpc) is 2.41. The van der Waals surface area contributed by atoms with Crippen molar-refractivity contribution in [3.8, 4) is 11.8 Å². The number of halogens is 1. The summed E-state index contributed by atoms with van der Waals surface area (Å²) in [6.45, 7) is 3.27. The molecular formula is C14H16FNO3. The van der Waals surface area contributed by atoms with E-state index in [0.717, 1.165) is 0 Å². The Morgan fingerprint density at radius 3 is 2.74 bits per heavy atom. The largest absolute Gasteiger partial charge is 0.494 e. The van der Waals surface area contributed by atoms with Gasteiger partial charge in [-0.3, -0.25) is 4.79 Å². The topological polar surface area (TPSA) is 59.3 Å². The summed E-state index contributed by atoms with van der Waals surface area (Å²) in [6, 6.07) is 6.51. The van der Waals surface area contributed by atoms with E-state index in [9.17, 15) is 9.18 Å². The molecule has 0 saturated carbocycles. The number of carbonyl (C=O) groups is 1. The lowest BCUT2D eigenvalue weighted by atomic mass is 9.85. The first-order chi connectivity index (χ1) is 8.98.